The van der Waals surface area contributed by atoms with E-state index in [1.54, 1.807) is 18.2 Å². The number of carbonyl (C=O) groups is 2. The van der Waals surface area contributed by atoms with Gasteiger partial charge in [0.25, 0.3) is 0 Å². The second kappa shape index (κ2) is 7.86. The van der Waals surface area contributed by atoms with Crippen molar-refractivity contribution >= 4 is 35.0 Å². The van der Waals surface area contributed by atoms with Crippen molar-refractivity contribution in [2.75, 3.05) is 16.0 Å². The first-order valence-electron chi connectivity index (χ1n) is 8.28. The number of hydrogen-bond donors (Lipinski definition) is 1. The van der Waals surface area contributed by atoms with Crippen molar-refractivity contribution in [1.29, 1.82) is 0 Å². The van der Waals surface area contributed by atoms with E-state index in [2.05, 4.69) is 5.32 Å². The number of rotatable bonds is 5. The molecule has 1 fully saturated rings. The Morgan fingerprint density at radius 3 is 2.81 bits per heavy atom. The molecule has 4 nitrogen and oxygen atoms in total. The van der Waals surface area contributed by atoms with Gasteiger partial charge in [-0.15, -0.1) is 11.8 Å². The van der Waals surface area contributed by atoms with Crippen LogP contribution in [0.5, 0.6) is 0 Å². The van der Waals surface area contributed by atoms with E-state index < -0.39 is 17.0 Å². The smallest absolute Gasteiger partial charge is 0.238 e. The number of hydrogen-bond acceptors (Lipinski definition) is 3. The highest BCUT2D eigenvalue weighted by molar-refractivity contribution is 8.00. The van der Waals surface area contributed by atoms with Gasteiger partial charge in [0.05, 0.1) is 11.4 Å². The zero-order valence-corrected chi connectivity index (χ0v) is 15.0. The summed E-state index contributed by atoms with van der Waals surface area (Å²) < 4.78 is 27.4. The number of carbonyl (C=O) groups excluding carboxylic acids is 2. The van der Waals surface area contributed by atoms with Gasteiger partial charge in [0.15, 0.2) is 0 Å². The summed E-state index contributed by atoms with van der Waals surface area (Å²) in [6.45, 7) is 1.92. The van der Waals surface area contributed by atoms with Crippen molar-refractivity contribution in [3.8, 4) is 0 Å². The van der Waals surface area contributed by atoms with Gasteiger partial charge in [0, 0.05) is 18.2 Å². The Labute approximate surface area is 154 Å². The topological polar surface area (TPSA) is 49.4 Å². The molecule has 2 amide bonds. The minimum Gasteiger partial charge on any atom is -0.326 e. The molecule has 1 saturated heterocycles. The summed E-state index contributed by atoms with van der Waals surface area (Å²) in [4.78, 5) is 25.5. The molecule has 3 rings (SSSR count). The monoisotopic (exact) mass is 376 g/mol. The van der Waals surface area contributed by atoms with Crippen molar-refractivity contribution in [2.45, 2.75) is 25.1 Å². The van der Waals surface area contributed by atoms with Crippen LogP contribution < -0.4 is 10.2 Å². The molecule has 0 aliphatic carbocycles. The second-order valence-electron chi connectivity index (χ2n) is 5.95. The van der Waals surface area contributed by atoms with Gasteiger partial charge in [-0.2, -0.15) is 0 Å². The van der Waals surface area contributed by atoms with Crippen LogP contribution in [0.2, 0.25) is 0 Å². The molecule has 1 atom stereocenters. The van der Waals surface area contributed by atoms with E-state index in [1.165, 1.54) is 22.7 Å². The molecule has 0 bridgehead atoms. The Morgan fingerprint density at radius 2 is 2.08 bits per heavy atom. The summed E-state index contributed by atoms with van der Waals surface area (Å²) in [6.07, 6.45) is 1.17. The van der Waals surface area contributed by atoms with Gasteiger partial charge in [-0.3, -0.25) is 14.5 Å². The molecule has 1 N–H and O–H groups in total. The Balaban J connectivity index is 1.90. The van der Waals surface area contributed by atoms with Crippen molar-refractivity contribution in [3.63, 3.8) is 0 Å². The second-order valence-corrected chi connectivity index (χ2v) is 7.02. The largest absolute Gasteiger partial charge is 0.326 e. The first-order valence-corrected chi connectivity index (χ1v) is 9.33. The summed E-state index contributed by atoms with van der Waals surface area (Å²) in [5.74, 6) is -1.60. The molecule has 1 heterocycles. The summed E-state index contributed by atoms with van der Waals surface area (Å²) in [5, 5.41) is 2.38. The highest BCUT2D eigenvalue weighted by Crippen LogP contribution is 2.43. The standard InChI is InChI=1S/C19H18F2N2O2S/c1-2-4-17(24)22-14-6-3-5-12(9-14)19-23(18(25)11-26-19)16-8-7-13(20)10-15(16)21/h3,5-10,19H,2,4,11H2,1H3,(H,22,24)/t19-/m1/s1. The van der Waals surface area contributed by atoms with Gasteiger partial charge in [-0.05, 0) is 36.2 Å². The number of halogens is 2. The number of thioether (sulfide) groups is 1. The summed E-state index contributed by atoms with van der Waals surface area (Å²) >= 11 is 1.36. The van der Waals surface area contributed by atoms with Crippen LogP contribution in [0.25, 0.3) is 0 Å². The van der Waals surface area contributed by atoms with E-state index in [0.717, 1.165) is 24.1 Å². The average molecular weight is 376 g/mol. The number of amides is 2. The summed E-state index contributed by atoms with van der Waals surface area (Å²) in [5.41, 5.74) is 1.44. The molecule has 0 spiro atoms. The average Bonchev–Trinajstić information content (AvgIpc) is 2.97. The lowest BCUT2D eigenvalue weighted by atomic mass is 10.1. The molecular formula is C19H18F2N2O2S. The predicted octanol–water partition coefficient (Wildman–Crippen LogP) is 4.48. The molecule has 0 radical (unpaired) electrons. The Bertz CT molecular complexity index is 844. The lowest BCUT2D eigenvalue weighted by molar-refractivity contribution is -0.116. The van der Waals surface area contributed by atoms with E-state index in [9.17, 15) is 18.4 Å². The third-order valence-electron chi connectivity index (χ3n) is 3.97. The number of nitrogens with zero attached hydrogens (tertiary/aromatic N) is 1. The molecule has 0 aromatic heterocycles. The highest BCUT2D eigenvalue weighted by atomic mass is 32.2. The van der Waals surface area contributed by atoms with Crippen LogP contribution in [-0.4, -0.2) is 17.6 Å². The van der Waals surface area contributed by atoms with Gasteiger partial charge >= 0.3 is 0 Å². The van der Waals surface area contributed by atoms with Gasteiger partial charge in [0.2, 0.25) is 11.8 Å². The molecule has 1 aliphatic heterocycles. The van der Waals surface area contributed by atoms with Crippen LogP contribution in [-0.2, 0) is 9.59 Å². The van der Waals surface area contributed by atoms with Crippen molar-refractivity contribution in [2.24, 2.45) is 0 Å². The maximum atomic E-state index is 14.2. The molecule has 136 valence electrons. The molecular weight excluding hydrogens is 358 g/mol. The molecule has 0 unspecified atom stereocenters. The van der Waals surface area contributed by atoms with E-state index in [-0.39, 0.29) is 23.3 Å². The minimum absolute atomic E-state index is 0.0480. The molecule has 7 heteroatoms. The van der Waals surface area contributed by atoms with Gasteiger partial charge in [0.1, 0.15) is 17.0 Å². The lowest BCUT2D eigenvalue weighted by Crippen LogP contribution is -2.28. The minimum atomic E-state index is -0.779. The van der Waals surface area contributed by atoms with Crippen molar-refractivity contribution < 1.29 is 18.4 Å². The van der Waals surface area contributed by atoms with Gasteiger partial charge < -0.3 is 5.32 Å². The molecule has 2 aromatic rings. The number of nitrogens with one attached hydrogen (secondary N) is 1. The Morgan fingerprint density at radius 1 is 1.27 bits per heavy atom. The normalized spacial score (nSPS) is 16.8. The number of benzene rings is 2. The Hall–Kier alpha value is -2.41. The van der Waals surface area contributed by atoms with Gasteiger partial charge in [-0.25, -0.2) is 8.78 Å². The first-order chi connectivity index (χ1) is 12.5. The quantitative estimate of drug-likeness (QED) is 0.837. The fraction of sp³-hybridized carbons (Fsp3) is 0.263. The third-order valence-corrected chi connectivity index (χ3v) is 5.18. The van der Waals surface area contributed by atoms with E-state index in [1.807, 2.05) is 13.0 Å². The predicted molar refractivity (Wildman–Crippen MR) is 99.0 cm³/mol. The van der Waals surface area contributed by atoms with Crippen LogP contribution in [0.1, 0.15) is 30.7 Å². The van der Waals surface area contributed by atoms with Crippen LogP contribution >= 0.6 is 11.8 Å². The highest BCUT2D eigenvalue weighted by Gasteiger charge is 2.35. The van der Waals surface area contributed by atoms with Crippen molar-refractivity contribution in [3.05, 3.63) is 59.7 Å². The fourth-order valence-electron chi connectivity index (χ4n) is 2.83. The maximum absolute atomic E-state index is 14.2. The molecule has 0 saturated carbocycles. The molecule has 2 aromatic carbocycles. The van der Waals surface area contributed by atoms with Gasteiger partial charge in [-0.1, -0.05) is 19.1 Å². The Kier molecular flexibility index (Phi) is 5.56. The zero-order valence-electron chi connectivity index (χ0n) is 14.2. The van der Waals surface area contributed by atoms with E-state index in [4.69, 9.17) is 0 Å². The van der Waals surface area contributed by atoms with Crippen LogP contribution in [0.3, 0.4) is 0 Å². The summed E-state index contributed by atoms with van der Waals surface area (Å²) in [7, 11) is 0. The zero-order chi connectivity index (χ0) is 18.7. The molecule has 26 heavy (non-hydrogen) atoms. The van der Waals surface area contributed by atoms with Crippen molar-refractivity contribution in [1.82, 2.24) is 0 Å². The summed E-state index contributed by atoms with van der Waals surface area (Å²) in [6, 6.07) is 10.3. The SMILES string of the molecule is CCCC(=O)Nc1cccc([C@H]2SCC(=O)N2c2ccc(F)cc2F)c1. The molecule has 1 aliphatic rings. The van der Waals surface area contributed by atoms with Crippen LogP contribution in [0, 0.1) is 11.6 Å². The number of anilines is 2. The van der Waals surface area contributed by atoms with E-state index >= 15 is 0 Å². The third kappa shape index (κ3) is 3.88. The first kappa shape index (κ1) is 18.4. The van der Waals surface area contributed by atoms with Crippen LogP contribution in [0.15, 0.2) is 42.5 Å². The van der Waals surface area contributed by atoms with Crippen LogP contribution in [0.4, 0.5) is 20.2 Å². The maximum Gasteiger partial charge on any atom is 0.238 e. The van der Waals surface area contributed by atoms with E-state index in [0.29, 0.717) is 12.1 Å². The fourth-order valence-corrected chi connectivity index (χ4v) is 3.99. The lowest BCUT2D eigenvalue weighted by Gasteiger charge is -2.25.